The molecule has 0 atom stereocenters. The monoisotopic (exact) mass is 334 g/mol. The fourth-order valence-electron chi connectivity index (χ4n) is 1.15. The molecule has 0 aliphatic heterocycles. The third-order valence-electron chi connectivity index (χ3n) is 1.71. The molecule has 0 aliphatic carbocycles. The Morgan fingerprint density at radius 3 is 2.33 bits per heavy atom. The minimum Gasteiger partial charge on any atom is -0.305 e. The first kappa shape index (κ1) is 17.8. The predicted octanol–water partition coefficient (Wildman–Crippen LogP) is 2.95. The van der Waals surface area contributed by atoms with Crippen LogP contribution in [-0.2, 0) is 10.0 Å². The Morgan fingerprint density at radius 1 is 1.33 bits per heavy atom. The first-order valence-electron chi connectivity index (χ1n) is 4.67. The standard InChI is InChI=1S/C9H13FN2O2S2.Cl2/c1-11-8-16(13,14)12(15-7-10)9-5-3-2-4-6-9;1-2/h2-6,11H,7-8H2,1H3;. The third kappa shape index (κ3) is 5.62. The Kier molecular flexibility index (Phi) is 9.57. The Labute approximate surface area is 120 Å². The molecule has 0 saturated carbocycles. The predicted molar refractivity (Wildman–Crippen MR) is 77.0 cm³/mol. The highest BCUT2D eigenvalue weighted by molar-refractivity contribution is 8.14. The maximum Gasteiger partial charge on any atom is 0.257 e. The van der Waals surface area contributed by atoms with Gasteiger partial charge < -0.3 is 5.32 Å². The van der Waals surface area contributed by atoms with E-state index in [1.807, 2.05) is 0 Å². The summed E-state index contributed by atoms with van der Waals surface area (Å²) in [5.74, 6) is -0.227. The normalized spacial score (nSPS) is 10.4. The summed E-state index contributed by atoms with van der Waals surface area (Å²) in [7, 11) is 6.21. The highest BCUT2D eigenvalue weighted by Gasteiger charge is 2.22. The lowest BCUT2D eigenvalue weighted by Crippen LogP contribution is -2.32. The summed E-state index contributed by atoms with van der Waals surface area (Å²) in [5.41, 5.74) is 0.445. The quantitative estimate of drug-likeness (QED) is 0.812. The lowest BCUT2D eigenvalue weighted by Gasteiger charge is -2.21. The van der Waals surface area contributed by atoms with Gasteiger partial charge in [-0.2, -0.15) is 0 Å². The molecule has 1 rings (SSSR count). The lowest BCUT2D eigenvalue weighted by molar-refractivity contribution is 0.591. The SMILES string of the molecule is CNCS(=O)(=O)N(SCF)c1ccccc1.ClCl. The first-order valence-corrected chi connectivity index (χ1v) is 8.37. The Balaban J connectivity index is 0.00000137. The van der Waals surface area contributed by atoms with Gasteiger partial charge in [0.25, 0.3) is 10.0 Å². The van der Waals surface area contributed by atoms with Crippen LogP contribution in [0.25, 0.3) is 0 Å². The van der Waals surface area contributed by atoms with Crippen molar-refractivity contribution in [2.45, 2.75) is 0 Å². The molecule has 0 saturated heterocycles. The van der Waals surface area contributed by atoms with Crippen molar-refractivity contribution in [3.63, 3.8) is 0 Å². The van der Waals surface area contributed by atoms with Crippen LogP contribution in [0.4, 0.5) is 10.1 Å². The summed E-state index contributed by atoms with van der Waals surface area (Å²) in [6.07, 6.45) is 0. The number of halogens is 3. The summed E-state index contributed by atoms with van der Waals surface area (Å²) in [5, 5.41) is 2.55. The van der Waals surface area contributed by atoms with Gasteiger partial charge in [0, 0.05) is 33.7 Å². The van der Waals surface area contributed by atoms with Crippen LogP contribution in [0.15, 0.2) is 30.3 Å². The number of para-hydroxylation sites is 1. The van der Waals surface area contributed by atoms with Gasteiger partial charge in [-0.25, -0.2) is 16.5 Å². The molecule has 4 nitrogen and oxygen atoms in total. The van der Waals surface area contributed by atoms with Crippen molar-refractivity contribution in [2.24, 2.45) is 0 Å². The topological polar surface area (TPSA) is 49.4 Å². The molecular weight excluding hydrogens is 322 g/mol. The summed E-state index contributed by atoms with van der Waals surface area (Å²) in [4.78, 5) is 0. The first-order chi connectivity index (χ1) is 8.61. The van der Waals surface area contributed by atoms with E-state index in [0.29, 0.717) is 17.6 Å². The van der Waals surface area contributed by atoms with Gasteiger partial charge >= 0.3 is 0 Å². The number of alkyl halides is 1. The summed E-state index contributed by atoms with van der Waals surface area (Å²) < 4.78 is 36.9. The molecule has 0 bridgehead atoms. The zero-order valence-electron chi connectivity index (χ0n) is 9.52. The molecule has 0 fully saturated rings. The van der Waals surface area contributed by atoms with E-state index in [0.717, 1.165) is 3.71 Å². The van der Waals surface area contributed by atoms with Crippen LogP contribution in [0.5, 0.6) is 0 Å². The van der Waals surface area contributed by atoms with E-state index in [1.165, 1.54) is 7.05 Å². The fourth-order valence-corrected chi connectivity index (χ4v) is 3.35. The minimum atomic E-state index is -3.54. The molecule has 0 aromatic heterocycles. The van der Waals surface area contributed by atoms with Crippen LogP contribution >= 0.6 is 33.7 Å². The van der Waals surface area contributed by atoms with Crippen molar-refractivity contribution in [3.05, 3.63) is 30.3 Å². The van der Waals surface area contributed by atoms with Crippen LogP contribution in [-0.4, -0.2) is 27.3 Å². The molecule has 1 aromatic carbocycles. The smallest absolute Gasteiger partial charge is 0.257 e. The van der Waals surface area contributed by atoms with Crippen LogP contribution in [0.3, 0.4) is 0 Å². The maximum absolute atomic E-state index is 12.3. The molecule has 0 heterocycles. The number of nitrogens with one attached hydrogen (secondary N) is 1. The number of nitrogens with zero attached hydrogens (tertiary/aromatic N) is 1. The average molecular weight is 335 g/mol. The van der Waals surface area contributed by atoms with Gasteiger partial charge in [-0.3, -0.25) is 0 Å². The van der Waals surface area contributed by atoms with E-state index >= 15 is 0 Å². The Hall–Kier alpha value is -0.210. The van der Waals surface area contributed by atoms with Crippen LogP contribution in [0.1, 0.15) is 0 Å². The number of sulfonamides is 1. The Morgan fingerprint density at radius 2 is 1.89 bits per heavy atom. The molecule has 0 spiro atoms. The highest BCUT2D eigenvalue weighted by atomic mass is 36.5. The van der Waals surface area contributed by atoms with E-state index in [4.69, 9.17) is 0 Å². The van der Waals surface area contributed by atoms with Crippen LogP contribution < -0.4 is 9.03 Å². The minimum absolute atomic E-state index is 0.227. The summed E-state index contributed by atoms with van der Waals surface area (Å²) in [6, 6.07) is 7.63. The van der Waals surface area contributed by atoms with Crippen molar-refractivity contribution >= 4 is 49.4 Å². The Bertz CT molecular complexity index is 420. The lowest BCUT2D eigenvalue weighted by atomic mass is 10.3. The van der Waals surface area contributed by atoms with Gasteiger partial charge in [0.2, 0.25) is 0 Å². The largest absolute Gasteiger partial charge is 0.305 e. The van der Waals surface area contributed by atoms with E-state index in [9.17, 15) is 12.8 Å². The van der Waals surface area contributed by atoms with Gasteiger partial charge in [-0.15, -0.1) is 0 Å². The van der Waals surface area contributed by atoms with Crippen molar-refractivity contribution < 1.29 is 12.8 Å². The zero-order valence-corrected chi connectivity index (χ0v) is 12.7. The van der Waals surface area contributed by atoms with Gasteiger partial charge in [0.05, 0.1) is 5.69 Å². The summed E-state index contributed by atoms with van der Waals surface area (Å²) >= 11 is 0.615. The molecule has 9 heteroatoms. The van der Waals surface area contributed by atoms with Crippen LogP contribution in [0, 0.1) is 0 Å². The van der Waals surface area contributed by atoms with Gasteiger partial charge in [-0.05, 0) is 19.2 Å². The van der Waals surface area contributed by atoms with E-state index < -0.39 is 16.0 Å². The zero-order chi connectivity index (χ0) is 14.0. The van der Waals surface area contributed by atoms with Crippen molar-refractivity contribution in [1.82, 2.24) is 5.32 Å². The van der Waals surface area contributed by atoms with E-state index in [1.54, 1.807) is 30.3 Å². The number of hydrogen-bond donors (Lipinski definition) is 1. The number of rotatable bonds is 6. The molecule has 1 N–H and O–H groups in total. The van der Waals surface area contributed by atoms with E-state index in [-0.39, 0.29) is 5.88 Å². The molecule has 104 valence electrons. The third-order valence-corrected chi connectivity index (χ3v) is 4.62. The number of benzene rings is 1. The van der Waals surface area contributed by atoms with Crippen molar-refractivity contribution in [3.8, 4) is 0 Å². The second kappa shape index (κ2) is 9.69. The second-order valence-electron chi connectivity index (χ2n) is 2.91. The molecular formula is C9H13Cl2FN2O2S2. The maximum atomic E-state index is 12.3. The van der Waals surface area contributed by atoms with Gasteiger partial charge in [0.1, 0.15) is 5.88 Å². The molecule has 18 heavy (non-hydrogen) atoms. The van der Waals surface area contributed by atoms with Gasteiger partial charge in [0.15, 0.2) is 6.01 Å². The molecule has 0 unspecified atom stereocenters. The molecule has 0 amide bonds. The number of hydrogen-bond acceptors (Lipinski definition) is 4. The fraction of sp³-hybridized carbons (Fsp3) is 0.333. The second-order valence-corrected chi connectivity index (χ2v) is 5.80. The van der Waals surface area contributed by atoms with Gasteiger partial charge in [-0.1, -0.05) is 18.2 Å². The summed E-state index contributed by atoms with van der Waals surface area (Å²) in [6.45, 7) is 0. The number of anilines is 1. The van der Waals surface area contributed by atoms with Crippen molar-refractivity contribution in [1.29, 1.82) is 0 Å². The average Bonchev–Trinajstić information content (AvgIpc) is 2.39. The van der Waals surface area contributed by atoms with E-state index in [2.05, 4.69) is 27.0 Å². The molecule has 0 radical (unpaired) electrons. The van der Waals surface area contributed by atoms with Crippen molar-refractivity contribution in [2.75, 3.05) is 22.6 Å². The molecule has 1 aromatic rings. The van der Waals surface area contributed by atoms with Crippen LogP contribution in [0.2, 0.25) is 0 Å². The molecule has 0 aliphatic rings. The highest BCUT2D eigenvalue weighted by Crippen LogP contribution is 2.25.